The second-order valence-corrected chi connectivity index (χ2v) is 5.76. The summed E-state index contributed by atoms with van der Waals surface area (Å²) in [6, 6.07) is 10.5. The Labute approximate surface area is 126 Å². The first kappa shape index (κ1) is 14.1. The first-order chi connectivity index (χ1) is 10.3. The van der Waals surface area contributed by atoms with Crippen molar-refractivity contribution in [2.24, 2.45) is 11.7 Å². The fourth-order valence-corrected chi connectivity index (χ4v) is 2.96. The van der Waals surface area contributed by atoms with E-state index in [2.05, 4.69) is 46.9 Å². The minimum atomic E-state index is 0.673. The molecule has 2 heterocycles. The van der Waals surface area contributed by atoms with Gasteiger partial charge in [-0.1, -0.05) is 25.1 Å². The van der Waals surface area contributed by atoms with Gasteiger partial charge in [0.05, 0.1) is 5.69 Å². The zero-order valence-corrected chi connectivity index (χ0v) is 12.7. The molecule has 0 amide bonds. The Morgan fingerprint density at radius 2 is 1.90 bits per heavy atom. The maximum Gasteiger partial charge on any atom is 0.210 e. The van der Waals surface area contributed by atoms with E-state index in [0.717, 1.165) is 37.7 Å². The molecule has 0 spiro atoms. The van der Waals surface area contributed by atoms with Crippen LogP contribution in [-0.4, -0.2) is 29.2 Å². The van der Waals surface area contributed by atoms with Gasteiger partial charge in [0.15, 0.2) is 0 Å². The summed E-state index contributed by atoms with van der Waals surface area (Å²) in [5, 5.41) is 0. The van der Waals surface area contributed by atoms with E-state index in [9.17, 15) is 0 Å². The monoisotopic (exact) mass is 284 g/mol. The molecule has 0 saturated carbocycles. The Morgan fingerprint density at radius 1 is 1.19 bits per heavy atom. The van der Waals surface area contributed by atoms with Crippen molar-refractivity contribution in [3.05, 3.63) is 42.2 Å². The van der Waals surface area contributed by atoms with Gasteiger partial charge in [-0.05, 0) is 43.9 Å². The molecular weight excluding hydrogens is 260 g/mol. The van der Waals surface area contributed by atoms with Crippen molar-refractivity contribution in [3.63, 3.8) is 0 Å². The molecule has 0 bridgehead atoms. The van der Waals surface area contributed by atoms with Crippen molar-refractivity contribution in [1.29, 1.82) is 0 Å². The lowest BCUT2D eigenvalue weighted by molar-refractivity contribution is 0.410. The van der Waals surface area contributed by atoms with Gasteiger partial charge in [-0.25, -0.2) is 4.98 Å². The van der Waals surface area contributed by atoms with Crippen LogP contribution in [-0.2, 0) is 6.42 Å². The number of piperidine rings is 1. The van der Waals surface area contributed by atoms with E-state index in [1.165, 1.54) is 18.5 Å². The van der Waals surface area contributed by atoms with Crippen LogP contribution < -0.4 is 10.6 Å². The first-order valence-corrected chi connectivity index (χ1v) is 7.90. The van der Waals surface area contributed by atoms with Gasteiger partial charge in [-0.3, -0.25) is 4.57 Å². The average molecular weight is 284 g/mol. The average Bonchev–Trinajstić information content (AvgIpc) is 3.00. The van der Waals surface area contributed by atoms with E-state index in [4.69, 9.17) is 10.7 Å². The molecule has 0 unspecified atom stereocenters. The molecule has 1 fully saturated rings. The summed E-state index contributed by atoms with van der Waals surface area (Å²) in [5.74, 6) is 1.75. The molecule has 2 aromatic rings. The molecule has 4 nitrogen and oxygen atoms in total. The summed E-state index contributed by atoms with van der Waals surface area (Å²) < 4.78 is 2.22. The molecule has 0 atom stereocenters. The molecule has 3 rings (SSSR count). The number of aromatic nitrogens is 2. The zero-order valence-electron chi connectivity index (χ0n) is 12.7. The molecule has 1 aliphatic heterocycles. The highest BCUT2D eigenvalue weighted by Gasteiger charge is 2.22. The fraction of sp³-hybridized carbons (Fsp3) is 0.471. The Morgan fingerprint density at radius 3 is 2.52 bits per heavy atom. The van der Waals surface area contributed by atoms with E-state index in [0.29, 0.717) is 5.92 Å². The van der Waals surface area contributed by atoms with Gasteiger partial charge in [-0.2, -0.15) is 0 Å². The SMILES string of the molecule is CCc1cn(-c2ccccc2)c(N2CCC(CN)CC2)n1. The molecule has 21 heavy (non-hydrogen) atoms. The number of hydrogen-bond acceptors (Lipinski definition) is 3. The zero-order chi connectivity index (χ0) is 14.7. The molecule has 1 aliphatic rings. The van der Waals surface area contributed by atoms with Crippen LogP contribution in [0.25, 0.3) is 5.69 Å². The quantitative estimate of drug-likeness (QED) is 0.939. The third-order valence-electron chi connectivity index (χ3n) is 4.36. The Bertz CT molecular complexity index is 568. The maximum absolute atomic E-state index is 5.79. The smallest absolute Gasteiger partial charge is 0.210 e. The van der Waals surface area contributed by atoms with Gasteiger partial charge in [0.2, 0.25) is 5.95 Å². The third-order valence-corrected chi connectivity index (χ3v) is 4.36. The number of hydrogen-bond donors (Lipinski definition) is 1. The summed E-state index contributed by atoms with van der Waals surface area (Å²) in [4.78, 5) is 7.24. The normalized spacial score (nSPS) is 16.4. The van der Waals surface area contributed by atoms with E-state index in [1.54, 1.807) is 0 Å². The number of rotatable bonds is 4. The number of para-hydroxylation sites is 1. The van der Waals surface area contributed by atoms with E-state index < -0.39 is 0 Å². The minimum Gasteiger partial charge on any atom is -0.342 e. The highest BCUT2D eigenvalue weighted by molar-refractivity contribution is 5.45. The topological polar surface area (TPSA) is 47.1 Å². The number of aryl methyl sites for hydroxylation is 1. The van der Waals surface area contributed by atoms with Crippen LogP contribution in [0, 0.1) is 5.92 Å². The number of benzene rings is 1. The molecule has 0 aliphatic carbocycles. The van der Waals surface area contributed by atoms with Crippen molar-refractivity contribution in [2.75, 3.05) is 24.5 Å². The van der Waals surface area contributed by atoms with Gasteiger partial charge in [-0.15, -0.1) is 0 Å². The largest absolute Gasteiger partial charge is 0.342 e. The van der Waals surface area contributed by atoms with E-state index in [-0.39, 0.29) is 0 Å². The number of nitrogens with zero attached hydrogens (tertiary/aromatic N) is 3. The number of anilines is 1. The number of nitrogens with two attached hydrogens (primary N) is 1. The molecule has 1 aromatic carbocycles. The summed E-state index contributed by atoms with van der Waals surface area (Å²) in [6.07, 6.45) is 5.46. The predicted molar refractivity (Wildman–Crippen MR) is 86.9 cm³/mol. The van der Waals surface area contributed by atoms with Crippen LogP contribution in [0.4, 0.5) is 5.95 Å². The number of imidazole rings is 1. The minimum absolute atomic E-state index is 0.673. The molecule has 1 saturated heterocycles. The van der Waals surface area contributed by atoms with Crippen LogP contribution in [0.3, 0.4) is 0 Å². The second-order valence-electron chi connectivity index (χ2n) is 5.76. The van der Waals surface area contributed by atoms with Crippen molar-refractivity contribution < 1.29 is 0 Å². The van der Waals surface area contributed by atoms with E-state index >= 15 is 0 Å². The third kappa shape index (κ3) is 2.95. The Hall–Kier alpha value is -1.81. The van der Waals surface area contributed by atoms with Crippen LogP contribution >= 0.6 is 0 Å². The van der Waals surface area contributed by atoms with Crippen LogP contribution in [0.15, 0.2) is 36.5 Å². The standard InChI is InChI=1S/C17H24N4/c1-2-15-13-21(16-6-4-3-5-7-16)17(19-15)20-10-8-14(12-18)9-11-20/h3-7,13-14H,2,8-12,18H2,1H3. The Kier molecular flexibility index (Phi) is 4.25. The molecular formula is C17H24N4. The summed E-state index contributed by atoms with van der Waals surface area (Å²) >= 11 is 0. The Balaban J connectivity index is 1.89. The van der Waals surface area contributed by atoms with Gasteiger partial charge in [0.1, 0.15) is 0 Å². The lowest BCUT2D eigenvalue weighted by Crippen LogP contribution is -2.37. The van der Waals surface area contributed by atoms with Crippen LogP contribution in [0.2, 0.25) is 0 Å². The van der Waals surface area contributed by atoms with Crippen LogP contribution in [0.1, 0.15) is 25.5 Å². The highest BCUT2D eigenvalue weighted by Crippen LogP contribution is 2.25. The highest BCUT2D eigenvalue weighted by atomic mass is 15.3. The van der Waals surface area contributed by atoms with Crippen molar-refractivity contribution in [1.82, 2.24) is 9.55 Å². The first-order valence-electron chi connectivity index (χ1n) is 7.90. The summed E-state index contributed by atoms with van der Waals surface area (Å²) in [6.45, 7) is 5.06. The van der Waals surface area contributed by atoms with Gasteiger partial charge < -0.3 is 10.6 Å². The predicted octanol–water partition coefficient (Wildman–Crippen LogP) is 2.61. The van der Waals surface area contributed by atoms with Crippen molar-refractivity contribution >= 4 is 5.95 Å². The molecule has 112 valence electrons. The lowest BCUT2D eigenvalue weighted by atomic mass is 9.97. The lowest BCUT2D eigenvalue weighted by Gasteiger charge is -2.32. The van der Waals surface area contributed by atoms with Crippen LogP contribution in [0.5, 0.6) is 0 Å². The van der Waals surface area contributed by atoms with Crippen molar-refractivity contribution in [2.45, 2.75) is 26.2 Å². The molecule has 2 N–H and O–H groups in total. The van der Waals surface area contributed by atoms with Gasteiger partial charge in [0.25, 0.3) is 0 Å². The summed E-state index contributed by atoms with van der Waals surface area (Å²) in [5.41, 5.74) is 8.12. The van der Waals surface area contributed by atoms with E-state index in [1.807, 2.05) is 6.07 Å². The maximum atomic E-state index is 5.79. The van der Waals surface area contributed by atoms with Gasteiger partial charge in [0, 0.05) is 25.0 Å². The molecule has 0 radical (unpaired) electrons. The van der Waals surface area contributed by atoms with Gasteiger partial charge >= 0.3 is 0 Å². The summed E-state index contributed by atoms with van der Waals surface area (Å²) in [7, 11) is 0. The fourth-order valence-electron chi connectivity index (χ4n) is 2.96. The van der Waals surface area contributed by atoms with Crippen molar-refractivity contribution in [3.8, 4) is 5.69 Å². The second kappa shape index (κ2) is 6.31. The molecule has 1 aromatic heterocycles. The molecule has 4 heteroatoms.